The van der Waals surface area contributed by atoms with E-state index in [-0.39, 0.29) is 6.04 Å². The Bertz CT molecular complexity index is 1230. The highest BCUT2D eigenvalue weighted by atomic mass is 19.1. The summed E-state index contributed by atoms with van der Waals surface area (Å²) in [6.07, 6.45) is 6.59. The molecule has 0 radical (unpaired) electrons. The van der Waals surface area contributed by atoms with E-state index in [0.717, 1.165) is 39.7 Å². The molecule has 4 aromatic rings. The van der Waals surface area contributed by atoms with E-state index >= 15 is 0 Å². The van der Waals surface area contributed by atoms with Crippen LogP contribution in [0.4, 0.5) is 4.39 Å². The summed E-state index contributed by atoms with van der Waals surface area (Å²) in [4.78, 5) is 9.34. The number of hydrogen-bond donors (Lipinski definition) is 0. The lowest BCUT2D eigenvalue weighted by atomic mass is 10.1. The van der Waals surface area contributed by atoms with Gasteiger partial charge in [0.2, 0.25) is 0 Å². The number of nitrogens with zero attached hydrogens (tertiary/aromatic N) is 6. The van der Waals surface area contributed by atoms with Crippen LogP contribution in [0.3, 0.4) is 0 Å². The quantitative estimate of drug-likeness (QED) is 0.542. The number of benzene rings is 1. The molecule has 2 atom stereocenters. The van der Waals surface area contributed by atoms with Crippen molar-refractivity contribution in [1.29, 1.82) is 5.26 Å². The van der Waals surface area contributed by atoms with Crippen molar-refractivity contribution < 1.29 is 4.39 Å². The summed E-state index contributed by atoms with van der Waals surface area (Å²) < 4.78 is 18.1. The van der Waals surface area contributed by atoms with E-state index in [1.165, 1.54) is 0 Å². The van der Waals surface area contributed by atoms with E-state index in [9.17, 15) is 9.65 Å². The fourth-order valence-corrected chi connectivity index (χ4v) is 4.24. The number of hydrogen-bond acceptors (Lipinski definition) is 4. The van der Waals surface area contributed by atoms with Gasteiger partial charge < -0.3 is 4.57 Å². The largest absolute Gasteiger partial charge is 0.323 e. The summed E-state index contributed by atoms with van der Waals surface area (Å²) in [6, 6.07) is 7.72. The van der Waals surface area contributed by atoms with Gasteiger partial charge in [-0.05, 0) is 49.9 Å². The molecule has 0 saturated heterocycles. The smallest absolute Gasteiger partial charge is 0.132 e. The van der Waals surface area contributed by atoms with Gasteiger partial charge in [-0.25, -0.2) is 9.37 Å². The molecule has 0 N–H and O–H groups in total. The van der Waals surface area contributed by atoms with Gasteiger partial charge in [-0.3, -0.25) is 9.67 Å². The van der Waals surface area contributed by atoms with Crippen molar-refractivity contribution in [2.24, 2.45) is 0 Å². The monoisotopic (exact) mass is 374 g/mol. The Labute approximate surface area is 161 Å². The second-order valence-corrected chi connectivity index (χ2v) is 7.51. The highest BCUT2D eigenvalue weighted by Gasteiger charge is 2.29. The van der Waals surface area contributed by atoms with Crippen molar-refractivity contribution in [3.63, 3.8) is 0 Å². The van der Waals surface area contributed by atoms with Gasteiger partial charge in [0.15, 0.2) is 0 Å². The molecular weight excluding hydrogens is 355 g/mol. The van der Waals surface area contributed by atoms with Gasteiger partial charge >= 0.3 is 0 Å². The summed E-state index contributed by atoms with van der Waals surface area (Å²) in [5.41, 5.74) is 4.17. The lowest BCUT2D eigenvalue weighted by Crippen LogP contribution is -2.13. The zero-order valence-electron chi connectivity index (χ0n) is 15.5. The zero-order chi connectivity index (χ0) is 19.3. The molecule has 5 rings (SSSR count). The highest BCUT2D eigenvalue weighted by Crippen LogP contribution is 2.37. The molecule has 3 heterocycles. The van der Waals surface area contributed by atoms with E-state index in [2.05, 4.69) is 20.7 Å². The lowest BCUT2D eigenvalue weighted by Gasteiger charge is -2.17. The van der Waals surface area contributed by atoms with Crippen LogP contribution in [0.15, 0.2) is 36.8 Å². The Morgan fingerprint density at radius 3 is 2.86 bits per heavy atom. The summed E-state index contributed by atoms with van der Waals surface area (Å²) in [5.74, 6) is 0.842. The van der Waals surface area contributed by atoms with E-state index in [1.54, 1.807) is 12.3 Å². The van der Waals surface area contributed by atoms with Gasteiger partial charge in [-0.1, -0.05) is 0 Å². The van der Waals surface area contributed by atoms with Crippen molar-refractivity contribution in [2.45, 2.75) is 44.9 Å². The van der Waals surface area contributed by atoms with Crippen molar-refractivity contribution in [3.8, 4) is 6.07 Å². The fourth-order valence-electron chi connectivity index (χ4n) is 4.24. The molecule has 6 nitrogen and oxygen atoms in total. The van der Waals surface area contributed by atoms with Crippen LogP contribution in [-0.2, 0) is 6.54 Å². The first-order chi connectivity index (χ1) is 13.6. The van der Waals surface area contributed by atoms with Gasteiger partial charge in [0.05, 0.1) is 41.6 Å². The SMILES string of the molecule is Cc1cnn(Cc2nc3cnc4ccc(C#N)cc4c3n2[C@H]2CC[C@@H](F)C2)c1. The van der Waals surface area contributed by atoms with Crippen LogP contribution in [0.25, 0.3) is 21.9 Å². The molecule has 0 spiro atoms. The minimum absolute atomic E-state index is 0.0444. The third-order valence-electron chi connectivity index (χ3n) is 5.49. The Balaban J connectivity index is 1.76. The molecule has 3 aromatic heterocycles. The maximum atomic E-state index is 14.1. The number of aryl methyl sites for hydroxylation is 1. The molecule has 1 aromatic carbocycles. The number of fused-ring (bicyclic) bond motifs is 3. The number of pyridine rings is 1. The van der Waals surface area contributed by atoms with Gasteiger partial charge in [-0.15, -0.1) is 0 Å². The van der Waals surface area contributed by atoms with Crippen LogP contribution in [-0.4, -0.2) is 30.5 Å². The van der Waals surface area contributed by atoms with Gasteiger partial charge in [0.1, 0.15) is 17.5 Å². The molecule has 140 valence electrons. The Morgan fingerprint density at radius 1 is 1.25 bits per heavy atom. The van der Waals surface area contributed by atoms with Crippen molar-refractivity contribution in [3.05, 3.63) is 53.7 Å². The van der Waals surface area contributed by atoms with E-state index in [0.29, 0.717) is 24.9 Å². The van der Waals surface area contributed by atoms with Crippen LogP contribution in [0.2, 0.25) is 0 Å². The standard InChI is InChI=1S/C21H19FN6/c1-13-9-25-27(11-13)12-20-26-19-10-24-18-5-2-14(8-23)6-17(18)21(19)28(20)16-4-3-15(22)7-16/h2,5-6,9-11,15-16H,3-4,7,12H2,1H3/t15-,16+/m1/s1. The fraction of sp³-hybridized carbons (Fsp3) is 0.333. The van der Waals surface area contributed by atoms with Crippen LogP contribution in [0.5, 0.6) is 0 Å². The number of rotatable bonds is 3. The first-order valence-corrected chi connectivity index (χ1v) is 9.45. The average Bonchev–Trinajstić information content (AvgIpc) is 3.39. The van der Waals surface area contributed by atoms with Crippen molar-refractivity contribution in [2.75, 3.05) is 0 Å². The molecule has 0 bridgehead atoms. The predicted octanol–water partition coefficient (Wildman–Crippen LogP) is 4.07. The average molecular weight is 374 g/mol. The minimum atomic E-state index is -0.787. The zero-order valence-corrected chi connectivity index (χ0v) is 15.5. The Morgan fingerprint density at radius 2 is 2.14 bits per heavy atom. The van der Waals surface area contributed by atoms with Crippen molar-refractivity contribution >= 4 is 21.9 Å². The van der Waals surface area contributed by atoms with Gasteiger partial charge in [0, 0.05) is 17.6 Å². The summed E-state index contributed by atoms with van der Waals surface area (Å²) >= 11 is 0. The first kappa shape index (κ1) is 16.9. The number of alkyl halides is 1. The molecule has 0 aliphatic heterocycles. The normalized spacial score (nSPS) is 19.5. The summed E-state index contributed by atoms with van der Waals surface area (Å²) in [5, 5.41) is 14.6. The van der Waals surface area contributed by atoms with Gasteiger partial charge in [0.25, 0.3) is 0 Å². The second-order valence-electron chi connectivity index (χ2n) is 7.51. The van der Waals surface area contributed by atoms with E-state index < -0.39 is 6.17 Å². The molecule has 0 unspecified atom stereocenters. The highest BCUT2D eigenvalue weighted by molar-refractivity contribution is 6.02. The molecule has 28 heavy (non-hydrogen) atoms. The number of halogens is 1. The molecule has 0 amide bonds. The van der Waals surface area contributed by atoms with Crippen LogP contribution < -0.4 is 0 Å². The van der Waals surface area contributed by atoms with Crippen LogP contribution in [0.1, 0.15) is 42.3 Å². The molecule has 1 saturated carbocycles. The topological polar surface area (TPSA) is 72.3 Å². The molecule has 1 aliphatic carbocycles. The maximum absolute atomic E-state index is 14.1. The number of imidazole rings is 1. The van der Waals surface area contributed by atoms with Crippen molar-refractivity contribution in [1.82, 2.24) is 24.3 Å². The van der Waals surface area contributed by atoms with E-state index in [4.69, 9.17) is 4.98 Å². The second kappa shape index (κ2) is 6.41. The molecular formula is C21H19FN6. The minimum Gasteiger partial charge on any atom is -0.323 e. The number of nitriles is 1. The predicted molar refractivity (Wildman–Crippen MR) is 104 cm³/mol. The van der Waals surface area contributed by atoms with Crippen LogP contribution in [0, 0.1) is 18.3 Å². The Kier molecular flexibility index (Phi) is 3.86. The summed E-state index contributed by atoms with van der Waals surface area (Å²) in [6.45, 7) is 2.51. The Hall–Kier alpha value is -3.27. The molecule has 1 aliphatic rings. The summed E-state index contributed by atoms with van der Waals surface area (Å²) in [7, 11) is 0. The van der Waals surface area contributed by atoms with Gasteiger partial charge in [-0.2, -0.15) is 10.4 Å². The lowest BCUT2D eigenvalue weighted by molar-refractivity contribution is 0.330. The third-order valence-corrected chi connectivity index (χ3v) is 5.49. The maximum Gasteiger partial charge on any atom is 0.132 e. The number of aromatic nitrogens is 5. The molecule has 1 fully saturated rings. The third kappa shape index (κ3) is 2.73. The van der Waals surface area contributed by atoms with Crippen LogP contribution >= 0.6 is 0 Å². The van der Waals surface area contributed by atoms with E-state index in [1.807, 2.05) is 36.1 Å². The first-order valence-electron chi connectivity index (χ1n) is 9.45. The molecule has 7 heteroatoms.